The zero-order chi connectivity index (χ0) is 20.2. The predicted octanol–water partition coefficient (Wildman–Crippen LogP) is 4.21. The SMILES string of the molecule is C/C(=C\c1ccccc1)CN1CCC(=O)N(Cc2cc3c(cc2Cl)OCO3)CC1. The molecule has 0 N–H and O–H groups in total. The van der Waals surface area contributed by atoms with Gasteiger partial charge >= 0.3 is 0 Å². The zero-order valence-corrected chi connectivity index (χ0v) is 17.3. The monoisotopic (exact) mass is 412 g/mol. The second-order valence-corrected chi connectivity index (χ2v) is 7.95. The molecule has 0 aromatic heterocycles. The second-order valence-electron chi connectivity index (χ2n) is 7.54. The number of hydrogen-bond acceptors (Lipinski definition) is 4. The molecule has 1 saturated heterocycles. The fourth-order valence-corrected chi connectivity index (χ4v) is 3.97. The summed E-state index contributed by atoms with van der Waals surface area (Å²) < 4.78 is 10.8. The molecule has 1 amide bonds. The van der Waals surface area contributed by atoms with Crippen LogP contribution in [0.25, 0.3) is 6.08 Å². The Morgan fingerprint density at radius 2 is 1.86 bits per heavy atom. The average Bonchev–Trinajstić information content (AvgIpc) is 3.09. The van der Waals surface area contributed by atoms with Crippen molar-refractivity contribution in [3.63, 3.8) is 0 Å². The molecule has 2 aliphatic heterocycles. The van der Waals surface area contributed by atoms with Crippen LogP contribution in [-0.4, -0.2) is 48.7 Å². The van der Waals surface area contributed by atoms with Gasteiger partial charge in [-0.3, -0.25) is 9.69 Å². The Kier molecular flexibility index (Phi) is 6.07. The highest BCUT2D eigenvalue weighted by Crippen LogP contribution is 2.37. The van der Waals surface area contributed by atoms with Crippen LogP contribution in [0.5, 0.6) is 11.5 Å². The van der Waals surface area contributed by atoms with E-state index in [9.17, 15) is 4.79 Å². The number of amides is 1. The van der Waals surface area contributed by atoms with Crippen LogP contribution >= 0.6 is 11.6 Å². The Labute approximate surface area is 176 Å². The molecule has 0 atom stereocenters. The molecule has 0 bridgehead atoms. The molecular formula is C23H25ClN2O3. The number of carbonyl (C=O) groups excluding carboxylic acids is 1. The van der Waals surface area contributed by atoms with Crippen molar-refractivity contribution >= 4 is 23.6 Å². The van der Waals surface area contributed by atoms with Crippen molar-refractivity contribution in [1.29, 1.82) is 0 Å². The Morgan fingerprint density at radius 1 is 1.10 bits per heavy atom. The smallest absolute Gasteiger partial charge is 0.231 e. The van der Waals surface area contributed by atoms with Gasteiger partial charge in [-0.1, -0.05) is 53.6 Å². The van der Waals surface area contributed by atoms with Crippen molar-refractivity contribution in [2.45, 2.75) is 19.9 Å². The lowest BCUT2D eigenvalue weighted by Gasteiger charge is -2.23. The molecule has 1 fully saturated rings. The van der Waals surface area contributed by atoms with Crippen molar-refractivity contribution in [3.8, 4) is 11.5 Å². The average molecular weight is 413 g/mol. The maximum absolute atomic E-state index is 12.7. The van der Waals surface area contributed by atoms with E-state index in [0.717, 1.165) is 25.2 Å². The minimum Gasteiger partial charge on any atom is -0.454 e. The van der Waals surface area contributed by atoms with Gasteiger partial charge in [0.1, 0.15) is 0 Å². The number of hydrogen-bond donors (Lipinski definition) is 0. The summed E-state index contributed by atoms with van der Waals surface area (Å²) in [5, 5.41) is 0.602. The molecule has 152 valence electrons. The lowest BCUT2D eigenvalue weighted by atomic mass is 10.1. The van der Waals surface area contributed by atoms with E-state index in [1.807, 2.05) is 29.2 Å². The lowest BCUT2D eigenvalue weighted by Crippen LogP contribution is -2.33. The van der Waals surface area contributed by atoms with Gasteiger partial charge in [0.05, 0.1) is 0 Å². The maximum atomic E-state index is 12.7. The molecule has 2 heterocycles. The normalized spacial score (nSPS) is 17.5. The van der Waals surface area contributed by atoms with E-state index in [2.05, 4.69) is 30.0 Å². The number of nitrogens with zero attached hydrogens (tertiary/aromatic N) is 2. The minimum absolute atomic E-state index is 0.158. The Morgan fingerprint density at radius 3 is 2.66 bits per heavy atom. The Hall–Kier alpha value is -2.50. The topological polar surface area (TPSA) is 42.0 Å². The third-order valence-electron chi connectivity index (χ3n) is 5.27. The van der Waals surface area contributed by atoms with Gasteiger partial charge in [0, 0.05) is 50.2 Å². The third-order valence-corrected chi connectivity index (χ3v) is 5.62. The van der Waals surface area contributed by atoms with Gasteiger partial charge in [-0.15, -0.1) is 0 Å². The fourth-order valence-electron chi connectivity index (χ4n) is 3.75. The van der Waals surface area contributed by atoms with Crippen molar-refractivity contribution < 1.29 is 14.3 Å². The molecule has 2 aromatic rings. The van der Waals surface area contributed by atoms with E-state index < -0.39 is 0 Å². The summed E-state index contributed by atoms with van der Waals surface area (Å²) in [5.41, 5.74) is 3.38. The van der Waals surface area contributed by atoms with Gasteiger partial charge in [0.2, 0.25) is 12.7 Å². The van der Waals surface area contributed by atoms with E-state index in [1.165, 1.54) is 11.1 Å². The maximum Gasteiger partial charge on any atom is 0.231 e. The highest BCUT2D eigenvalue weighted by molar-refractivity contribution is 6.31. The first-order valence-electron chi connectivity index (χ1n) is 9.89. The molecule has 0 aliphatic carbocycles. The quantitative estimate of drug-likeness (QED) is 0.737. The third kappa shape index (κ3) is 4.92. The van der Waals surface area contributed by atoms with Crippen LogP contribution in [0.4, 0.5) is 0 Å². The highest BCUT2D eigenvalue weighted by atomic mass is 35.5. The summed E-state index contributed by atoms with van der Waals surface area (Å²) in [7, 11) is 0. The van der Waals surface area contributed by atoms with Crippen LogP contribution in [0.1, 0.15) is 24.5 Å². The largest absolute Gasteiger partial charge is 0.454 e. The lowest BCUT2D eigenvalue weighted by molar-refractivity contribution is -0.130. The van der Waals surface area contributed by atoms with Crippen LogP contribution < -0.4 is 9.47 Å². The van der Waals surface area contributed by atoms with Crippen molar-refractivity contribution in [2.75, 3.05) is 33.0 Å². The zero-order valence-electron chi connectivity index (χ0n) is 16.6. The highest BCUT2D eigenvalue weighted by Gasteiger charge is 2.23. The summed E-state index contributed by atoms with van der Waals surface area (Å²) in [4.78, 5) is 16.9. The molecule has 4 rings (SSSR count). The Balaban J connectivity index is 1.38. The number of rotatable bonds is 5. The van der Waals surface area contributed by atoms with Crippen molar-refractivity contribution in [1.82, 2.24) is 9.80 Å². The number of fused-ring (bicyclic) bond motifs is 1. The molecule has 2 aliphatic rings. The van der Waals surface area contributed by atoms with Gasteiger partial charge in [0.15, 0.2) is 11.5 Å². The van der Waals surface area contributed by atoms with Crippen molar-refractivity contribution in [3.05, 3.63) is 64.2 Å². The number of benzene rings is 2. The molecular weight excluding hydrogens is 388 g/mol. The van der Waals surface area contributed by atoms with Crippen LogP contribution in [-0.2, 0) is 11.3 Å². The van der Waals surface area contributed by atoms with Gasteiger partial charge in [-0.05, 0) is 24.1 Å². The minimum atomic E-state index is 0.158. The molecule has 6 heteroatoms. The van der Waals surface area contributed by atoms with Crippen LogP contribution in [0.15, 0.2) is 48.0 Å². The molecule has 0 saturated carbocycles. The van der Waals surface area contributed by atoms with Crippen LogP contribution in [0.2, 0.25) is 5.02 Å². The molecule has 0 radical (unpaired) electrons. The summed E-state index contributed by atoms with van der Waals surface area (Å²) >= 11 is 6.40. The Bertz CT molecular complexity index is 914. The van der Waals surface area contributed by atoms with E-state index in [0.29, 0.717) is 36.0 Å². The summed E-state index contributed by atoms with van der Waals surface area (Å²) in [6.45, 7) is 5.99. The molecule has 29 heavy (non-hydrogen) atoms. The van der Waals surface area contributed by atoms with Crippen LogP contribution in [0.3, 0.4) is 0 Å². The summed E-state index contributed by atoms with van der Waals surface area (Å²) in [6.07, 6.45) is 2.72. The van der Waals surface area contributed by atoms with Crippen LogP contribution in [0, 0.1) is 0 Å². The predicted molar refractivity (Wildman–Crippen MR) is 114 cm³/mol. The first kappa shape index (κ1) is 19.8. The summed E-state index contributed by atoms with van der Waals surface area (Å²) in [6, 6.07) is 14.0. The molecule has 2 aromatic carbocycles. The van der Waals surface area contributed by atoms with Gasteiger partial charge in [-0.2, -0.15) is 0 Å². The van der Waals surface area contributed by atoms with E-state index in [1.54, 1.807) is 6.07 Å². The van der Waals surface area contributed by atoms with Gasteiger partial charge < -0.3 is 14.4 Å². The number of halogens is 1. The van der Waals surface area contributed by atoms with Gasteiger partial charge in [0.25, 0.3) is 0 Å². The number of carbonyl (C=O) groups is 1. The number of ether oxygens (including phenoxy) is 2. The van der Waals surface area contributed by atoms with Gasteiger partial charge in [-0.25, -0.2) is 0 Å². The van der Waals surface area contributed by atoms with Crippen molar-refractivity contribution in [2.24, 2.45) is 0 Å². The fraction of sp³-hybridized carbons (Fsp3) is 0.348. The standard InChI is InChI=1S/C23H25ClN2O3/c1-17(11-18-5-3-2-4-6-18)14-25-8-7-23(27)26(10-9-25)15-19-12-21-22(13-20(19)24)29-16-28-21/h2-6,11-13H,7-10,14-16H2,1H3/b17-11+. The molecule has 0 unspecified atom stereocenters. The first-order chi connectivity index (χ1) is 14.1. The molecule has 0 spiro atoms. The van der Waals surface area contributed by atoms with E-state index >= 15 is 0 Å². The first-order valence-corrected chi connectivity index (χ1v) is 10.3. The van der Waals surface area contributed by atoms with E-state index in [4.69, 9.17) is 21.1 Å². The summed E-state index contributed by atoms with van der Waals surface area (Å²) in [5.74, 6) is 1.51. The van der Waals surface area contributed by atoms with E-state index in [-0.39, 0.29) is 12.7 Å². The molecule has 5 nitrogen and oxygen atoms in total. The second kappa shape index (κ2) is 8.89.